The van der Waals surface area contributed by atoms with Crippen LogP contribution in [0.4, 0.5) is 0 Å². The van der Waals surface area contributed by atoms with Gasteiger partial charge in [0.2, 0.25) is 0 Å². The molecule has 0 saturated carbocycles. The molecule has 44 heavy (non-hydrogen) atoms. The first-order chi connectivity index (χ1) is 20.6. The minimum atomic E-state index is -0.829. The molecule has 0 aromatic carbocycles. The maximum Gasteiger partial charge on any atom is 0.344 e. The first kappa shape index (κ1) is 38.9. The summed E-state index contributed by atoms with van der Waals surface area (Å²) in [5, 5.41) is 0. The van der Waals surface area contributed by atoms with E-state index in [1.165, 1.54) is 0 Å². The molecule has 2 aliphatic carbocycles. The molecule has 0 spiro atoms. The Morgan fingerprint density at radius 2 is 1.09 bits per heavy atom. The Hall–Kier alpha value is -3.12. The largest absolute Gasteiger partial charge is 0.458 e. The highest BCUT2D eigenvalue weighted by Gasteiger charge is 2.39. The quantitative estimate of drug-likeness (QED) is 0.0866. The van der Waals surface area contributed by atoms with Crippen molar-refractivity contribution in [3.63, 3.8) is 0 Å². The number of carbonyl (C=O) groups excluding carboxylic acids is 6. The molecular formula is C30H42Cl2O12. The second kappa shape index (κ2) is 18.6. The summed E-state index contributed by atoms with van der Waals surface area (Å²) in [5.41, 5.74) is 0.399. The van der Waals surface area contributed by atoms with Gasteiger partial charge in [0, 0.05) is 11.8 Å². The SMILES string of the molecule is CC1=CCC(C(C)(C)OC(=O)CCl)CC1OC(=O)CCl.CC1=CCC(C(C)(C)OC(=O)COC=O)CC1OC(=O)COC=O. The van der Waals surface area contributed by atoms with Crippen LogP contribution in [0.2, 0.25) is 0 Å². The molecule has 248 valence electrons. The number of alkyl halides is 2. The van der Waals surface area contributed by atoms with Gasteiger partial charge in [0.15, 0.2) is 13.2 Å². The molecule has 4 unspecified atom stereocenters. The average molecular weight is 666 g/mol. The van der Waals surface area contributed by atoms with Gasteiger partial charge < -0.3 is 28.4 Å². The molecule has 0 N–H and O–H groups in total. The van der Waals surface area contributed by atoms with E-state index < -0.39 is 54.4 Å². The monoisotopic (exact) mass is 664 g/mol. The topological polar surface area (TPSA) is 158 Å². The molecule has 0 saturated heterocycles. The summed E-state index contributed by atoms with van der Waals surface area (Å²) in [6, 6.07) is 0. The van der Waals surface area contributed by atoms with E-state index in [-0.39, 0.29) is 42.6 Å². The maximum absolute atomic E-state index is 11.6. The van der Waals surface area contributed by atoms with Crippen molar-refractivity contribution < 1.29 is 57.2 Å². The van der Waals surface area contributed by atoms with Crippen molar-refractivity contribution in [2.24, 2.45) is 11.8 Å². The molecule has 0 aromatic rings. The number of halogens is 2. The highest BCUT2D eigenvalue weighted by molar-refractivity contribution is 6.26. The summed E-state index contributed by atoms with van der Waals surface area (Å²) in [6.45, 7) is 10.4. The lowest BCUT2D eigenvalue weighted by Gasteiger charge is -2.38. The number of carbonyl (C=O) groups is 6. The van der Waals surface area contributed by atoms with Gasteiger partial charge in [0.25, 0.3) is 12.9 Å². The number of esters is 4. The minimum absolute atomic E-state index is 0.0616. The molecule has 2 rings (SSSR count). The van der Waals surface area contributed by atoms with Gasteiger partial charge in [0.1, 0.15) is 35.2 Å². The first-order valence-corrected chi connectivity index (χ1v) is 15.0. The Morgan fingerprint density at radius 1 is 0.705 bits per heavy atom. The fourth-order valence-corrected chi connectivity index (χ4v) is 4.93. The summed E-state index contributed by atoms with van der Waals surface area (Å²) in [5.74, 6) is -2.55. The van der Waals surface area contributed by atoms with Crippen LogP contribution in [0, 0.1) is 11.8 Å². The molecule has 0 aromatic heterocycles. The Morgan fingerprint density at radius 3 is 1.50 bits per heavy atom. The second-order valence-electron chi connectivity index (χ2n) is 11.4. The number of rotatable bonds is 14. The average Bonchev–Trinajstić information content (AvgIpc) is 2.96. The van der Waals surface area contributed by atoms with Gasteiger partial charge in [-0.2, -0.15) is 0 Å². The van der Waals surface area contributed by atoms with E-state index in [9.17, 15) is 28.8 Å². The number of ether oxygens (including phenoxy) is 6. The van der Waals surface area contributed by atoms with E-state index in [2.05, 4.69) is 9.47 Å². The van der Waals surface area contributed by atoms with E-state index in [0.717, 1.165) is 17.6 Å². The van der Waals surface area contributed by atoms with Crippen LogP contribution in [-0.2, 0) is 57.2 Å². The maximum atomic E-state index is 11.6. The van der Waals surface area contributed by atoms with Crippen LogP contribution in [0.5, 0.6) is 0 Å². The minimum Gasteiger partial charge on any atom is -0.458 e. The Kier molecular flexibility index (Phi) is 16.5. The Labute approximate surface area is 267 Å². The van der Waals surface area contributed by atoms with Crippen molar-refractivity contribution in [3.05, 3.63) is 23.3 Å². The summed E-state index contributed by atoms with van der Waals surface area (Å²) in [6.07, 6.45) is 5.63. The lowest BCUT2D eigenvalue weighted by Crippen LogP contribution is -2.41. The van der Waals surface area contributed by atoms with Gasteiger partial charge in [-0.25, -0.2) is 9.59 Å². The third-order valence-corrected chi connectivity index (χ3v) is 7.92. The van der Waals surface area contributed by atoms with Gasteiger partial charge in [-0.3, -0.25) is 19.2 Å². The predicted octanol–water partition coefficient (Wildman–Crippen LogP) is 3.98. The highest BCUT2D eigenvalue weighted by Crippen LogP contribution is 2.37. The molecule has 2 aliphatic rings. The van der Waals surface area contributed by atoms with Crippen LogP contribution in [0.15, 0.2) is 23.3 Å². The molecular weight excluding hydrogens is 623 g/mol. The number of allylic oxidation sites excluding steroid dienone is 2. The van der Waals surface area contributed by atoms with Crippen molar-refractivity contribution in [1.82, 2.24) is 0 Å². The van der Waals surface area contributed by atoms with Gasteiger partial charge in [-0.1, -0.05) is 12.2 Å². The van der Waals surface area contributed by atoms with Crippen LogP contribution in [-0.4, -0.2) is 85.2 Å². The van der Waals surface area contributed by atoms with E-state index in [1.807, 2.05) is 39.8 Å². The van der Waals surface area contributed by atoms with E-state index in [0.29, 0.717) is 19.3 Å². The highest BCUT2D eigenvalue weighted by atomic mass is 35.5. The number of hydrogen-bond donors (Lipinski definition) is 0. The molecule has 0 amide bonds. The van der Waals surface area contributed by atoms with Crippen LogP contribution in [0.25, 0.3) is 0 Å². The van der Waals surface area contributed by atoms with Crippen LogP contribution in [0.1, 0.15) is 67.2 Å². The zero-order valence-corrected chi connectivity index (χ0v) is 27.4. The van der Waals surface area contributed by atoms with Crippen molar-refractivity contribution >= 4 is 60.0 Å². The fourth-order valence-electron chi connectivity index (χ4n) is 4.81. The summed E-state index contributed by atoms with van der Waals surface area (Å²) < 4.78 is 30.1. The smallest absolute Gasteiger partial charge is 0.344 e. The van der Waals surface area contributed by atoms with Crippen molar-refractivity contribution in [3.8, 4) is 0 Å². The molecule has 0 heterocycles. The predicted molar refractivity (Wildman–Crippen MR) is 159 cm³/mol. The van der Waals surface area contributed by atoms with E-state index in [4.69, 9.17) is 42.1 Å². The third kappa shape index (κ3) is 13.3. The fraction of sp³-hybridized carbons (Fsp3) is 0.667. The Bertz CT molecular complexity index is 1080. The molecule has 0 fully saturated rings. The zero-order valence-electron chi connectivity index (χ0n) is 25.9. The molecule has 4 atom stereocenters. The molecule has 0 aliphatic heterocycles. The molecule has 0 bridgehead atoms. The third-order valence-electron chi connectivity index (χ3n) is 7.49. The van der Waals surface area contributed by atoms with Gasteiger partial charge >= 0.3 is 23.9 Å². The molecule has 12 nitrogen and oxygen atoms in total. The standard InChI is InChI=1S/C16H22O8.C14H20Cl2O4/c1-11-4-5-12(6-13(11)23-14(19)7-21-9-17)16(2,3)24-15(20)8-22-10-18;1-9-4-5-10(6-11(9)19-12(17)7-15)14(2,3)20-13(18)8-16/h4,9-10,12-13H,5-8H2,1-3H3;4,10-11H,5-8H2,1-3H3. The normalized spacial score (nSPS) is 21.5. The number of hydrogen-bond acceptors (Lipinski definition) is 12. The molecule has 14 heteroatoms. The van der Waals surface area contributed by atoms with Crippen LogP contribution < -0.4 is 0 Å². The van der Waals surface area contributed by atoms with Crippen molar-refractivity contribution in [1.29, 1.82) is 0 Å². The summed E-state index contributed by atoms with van der Waals surface area (Å²) in [7, 11) is 0. The van der Waals surface area contributed by atoms with Crippen LogP contribution >= 0.6 is 23.2 Å². The molecule has 0 radical (unpaired) electrons. The van der Waals surface area contributed by atoms with E-state index in [1.54, 1.807) is 13.8 Å². The lowest BCUT2D eigenvalue weighted by atomic mass is 9.78. The summed E-state index contributed by atoms with van der Waals surface area (Å²) in [4.78, 5) is 66.2. The van der Waals surface area contributed by atoms with Gasteiger partial charge in [-0.15, -0.1) is 23.2 Å². The second-order valence-corrected chi connectivity index (χ2v) is 12.0. The van der Waals surface area contributed by atoms with Gasteiger partial charge in [-0.05, 0) is 78.4 Å². The van der Waals surface area contributed by atoms with Gasteiger partial charge in [0.05, 0.1) is 0 Å². The van der Waals surface area contributed by atoms with Crippen LogP contribution in [0.3, 0.4) is 0 Å². The van der Waals surface area contributed by atoms with E-state index >= 15 is 0 Å². The Balaban J connectivity index is 0.000000447. The lowest BCUT2D eigenvalue weighted by molar-refractivity contribution is -0.171. The summed E-state index contributed by atoms with van der Waals surface area (Å²) >= 11 is 10.9. The van der Waals surface area contributed by atoms with Crippen molar-refractivity contribution in [2.45, 2.75) is 90.6 Å². The van der Waals surface area contributed by atoms with Crippen molar-refractivity contribution in [2.75, 3.05) is 25.0 Å². The first-order valence-electron chi connectivity index (χ1n) is 14.0. The zero-order chi connectivity index (χ0) is 33.5.